The second-order valence-corrected chi connectivity index (χ2v) is 4.10. The first kappa shape index (κ1) is 11.8. The molecule has 94 valence electrons. The number of amides is 4. The van der Waals surface area contributed by atoms with Gasteiger partial charge in [0, 0.05) is 13.1 Å². The van der Waals surface area contributed by atoms with E-state index in [-0.39, 0.29) is 12.6 Å². The van der Waals surface area contributed by atoms with E-state index in [0.29, 0.717) is 26.3 Å². The number of carbonyl (C=O) groups excluding carboxylic acids is 3. The Morgan fingerprint density at radius 2 is 2.00 bits per heavy atom. The quantitative estimate of drug-likeness (QED) is 0.539. The summed E-state index contributed by atoms with van der Waals surface area (Å²) in [5.41, 5.74) is 0. The third-order valence-electron chi connectivity index (χ3n) is 2.95. The molecule has 1 atom stereocenters. The molecule has 1 unspecified atom stereocenters. The summed E-state index contributed by atoms with van der Waals surface area (Å²) in [5.74, 6) is -0.863. The van der Waals surface area contributed by atoms with E-state index in [0.717, 1.165) is 0 Å². The van der Waals surface area contributed by atoms with Gasteiger partial charge in [-0.25, -0.2) is 4.79 Å². The van der Waals surface area contributed by atoms with E-state index in [1.54, 1.807) is 11.8 Å². The van der Waals surface area contributed by atoms with Crippen LogP contribution in [0.25, 0.3) is 0 Å². The lowest BCUT2D eigenvalue weighted by molar-refractivity contribution is -0.138. The highest BCUT2D eigenvalue weighted by Gasteiger charge is 2.35. The zero-order valence-corrected chi connectivity index (χ0v) is 9.64. The van der Waals surface area contributed by atoms with Gasteiger partial charge in [0.05, 0.1) is 13.2 Å². The minimum Gasteiger partial charge on any atom is -0.378 e. The van der Waals surface area contributed by atoms with Gasteiger partial charge in [0.25, 0.3) is 0 Å². The monoisotopic (exact) mass is 241 g/mol. The van der Waals surface area contributed by atoms with Gasteiger partial charge in [0.15, 0.2) is 0 Å². The number of ether oxygens (including phenoxy) is 1. The molecule has 0 aromatic heterocycles. The smallest absolute Gasteiger partial charge is 0.321 e. The van der Waals surface area contributed by atoms with Crippen molar-refractivity contribution in [1.82, 2.24) is 15.1 Å². The molecule has 0 radical (unpaired) electrons. The summed E-state index contributed by atoms with van der Waals surface area (Å²) in [5, 5.41) is 2.20. The molecule has 7 heteroatoms. The van der Waals surface area contributed by atoms with Crippen LogP contribution in [-0.4, -0.2) is 66.5 Å². The maximum Gasteiger partial charge on any atom is 0.321 e. The van der Waals surface area contributed by atoms with E-state index in [9.17, 15) is 14.4 Å². The summed E-state index contributed by atoms with van der Waals surface area (Å²) in [6.07, 6.45) is 0. The molecule has 2 rings (SSSR count). The van der Waals surface area contributed by atoms with Gasteiger partial charge in [-0.15, -0.1) is 0 Å². The molecule has 17 heavy (non-hydrogen) atoms. The van der Waals surface area contributed by atoms with Crippen LogP contribution < -0.4 is 5.32 Å². The molecule has 4 amide bonds. The zero-order chi connectivity index (χ0) is 12.4. The van der Waals surface area contributed by atoms with Gasteiger partial charge in [-0.3, -0.25) is 14.9 Å². The maximum atomic E-state index is 12.1. The first-order chi connectivity index (χ1) is 8.09. The summed E-state index contributed by atoms with van der Waals surface area (Å²) < 4.78 is 5.15. The lowest BCUT2D eigenvalue weighted by Crippen LogP contribution is -2.62. The summed E-state index contributed by atoms with van der Waals surface area (Å²) in [4.78, 5) is 37.7. The number of imide groups is 1. The lowest BCUT2D eigenvalue weighted by atomic mass is 10.2. The Balaban J connectivity index is 2.06. The van der Waals surface area contributed by atoms with Crippen LogP contribution in [0.3, 0.4) is 0 Å². The van der Waals surface area contributed by atoms with E-state index < -0.39 is 17.9 Å². The topological polar surface area (TPSA) is 79.0 Å². The van der Waals surface area contributed by atoms with Gasteiger partial charge >= 0.3 is 6.03 Å². The maximum absolute atomic E-state index is 12.1. The molecule has 2 saturated heterocycles. The first-order valence-electron chi connectivity index (χ1n) is 5.56. The van der Waals surface area contributed by atoms with Crippen molar-refractivity contribution < 1.29 is 19.1 Å². The summed E-state index contributed by atoms with van der Waals surface area (Å²) in [6.45, 7) is 3.53. The zero-order valence-electron chi connectivity index (χ0n) is 9.64. The fourth-order valence-corrected chi connectivity index (χ4v) is 1.88. The molecular formula is C10H15N3O4. The molecule has 0 saturated carbocycles. The molecule has 0 bridgehead atoms. The molecule has 0 aromatic carbocycles. The van der Waals surface area contributed by atoms with E-state index in [2.05, 4.69) is 5.32 Å². The Morgan fingerprint density at radius 1 is 1.35 bits per heavy atom. The van der Waals surface area contributed by atoms with Crippen LogP contribution in [0.4, 0.5) is 4.79 Å². The number of piperazine rings is 1. The Kier molecular flexibility index (Phi) is 3.28. The van der Waals surface area contributed by atoms with E-state index in [1.807, 2.05) is 0 Å². The van der Waals surface area contributed by atoms with Gasteiger partial charge in [0.1, 0.15) is 12.6 Å². The molecule has 0 aromatic rings. The average Bonchev–Trinajstić information content (AvgIpc) is 2.34. The average molecular weight is 241 g/mol. The molecule has 2 heterocycles. The molecule has 0 spiro atoms. The Morgan fingerprint density at radius 3 is 2.65 bits per heavy atom. The number of urea groups is 1. The van der Waals surface area contributed by atoms with Crippen molar-refractivity contribution in [3.63, 3.8) is 0 Å². The lowest BCUT2D eigenvalue weighted by Gasteiger charge is -2.37. The van der Waals surface area contributed by atoms with Gasteiger partial charge < -0.3 is 14.5 Å². The van der Waals surface area contributed by atoms with Crippen molar-refractivity contribution in [3.05, 3.63) is 0 Å². The number of hydrogen-bond acceptors (Lipinski definition) is 4. The highest BCUT2D eigenvalue weighted by atomic mass is 16.5. The van der Waals surface area contributed by atoms with Crippen LogP contribution in [0.1, 0.15) is 6.92 Å². The molecule has 2 aliphatic heterocycles. The minimum atomic E-state index is -0.608. The highest BCUT2D eigenvalue weighted by Crippen LogP contribution is 2.10. The van der Waals surface area contributed by atoms with Crippen molar-refractivity contribution in [2.45, 2.75) is 13.0 Å². The van der Waals surface area contributed by atoms with Gasteiger partial charge in [-0.1, -0.05) is 0 Å². The number of carbonyl (C=O) groups is 3. The first-order valence-corrected chi connectivity index (χ1v) is 5.56. The van der Waals surface area contributed by atoms with Gasteiger partial charge in [-0.05, 0) is 6.92 Å². The van der Waals surface area contributed by atoms with Crippen molar-refractivity contribution in [3.8, 4) is 0 Å². The second-order valence-electron chi connectivity index (χ2n) is 4.10. The predicted molar refractivity (Wildman–Crippen MR) is 57.1 cm³/mol. The molecule has 0 aliphatic carbocycles. The third kappa shape index (κ3) is 2.38. The largest absolute Gasteiger partial charge is 0.378 e. The number of rotatable bonds is 0. The summed E-state index contributed by atoms with van der Waals surface area (Å²) in [6, 6.07) is -0.882. The minimum absolute atomic E-state index is 0.0664. The van der Waals surface area contributed by atoms with Crippen molar-refractivity contribution in [2.24, 2.45) is 0 Å². The highest BCUT2D eigenvalue weighted by molar-refractivity contribution is 6.03. The summed E-state index contributed by atoms with van der Waals surface area (Å²) >= 11 is 0. The van der Waals surface area contributed by atoms with Crippen LogP contribution in [0.5, 0.6) is 0 Å². The van der Waals surface area contributed by atoms with Gasteiger partial charge in [0.2, 0.25) is 11.8 Å². The van der Waals surface area contributed by atoms with E-state index in [1.165, 1.54) is 4.90 Å². The Bertz CT molecular complexity index is 351. The van der Waals surface area contributed by atoms with Crippen LogP contribution in [0.2, 0.25) is 0 Å². The number of nitrogens with zero attached hydrogens (tertiary/aromatic N) is 2. The van der Waals surface area contributed by atoms with Crippen molar-refractivity contribution in [2.75, 3.05) is 32.8 Å². The van der Waals surface area contributed by atoms with Crippen LogP contribution in [0, 0.1) is 0 Å². The molecule has 2 fully saturated rings. The number of nitrogens with one attached hydrogen (secondary N) is 1. The number of hydrogen-bond donors (Lipinski definition) is 1. The Labute approximate surface area is 98.7 Å². The fourth-order valence-electron chi connectivity index (χ4n) is 1.88. The molecular weight excluding hydrogens is 226 g/mol. The Hall–Kier alpha value is -1.63. The molecule has 1 N–H and O–H groups in total. The van der Waals surface area contributed by atoms with E-state index >= 15 is 0 Å². The van der Waals surface area contributed by atoms with Crippen molar-refractivity contribution in [1.29, 1.82) is 0 Å². The van der Waals surface area contributed by atoms with E-state index in [4.69, 9.17) is 4.74 Å². The number of morpholine rings is 1. The molecule has 7 nitrogen and oxygen atoms in total. The molecule has 2 aliphatic rings. The van der Waals surface area contributed by atoms with Gasteiger partial charge in [-0.2, -0.15) is 0 Å². The third-order valence-corrected chi connectivity index (χ3v) is 2.95. The summed E-state index contributed by atoms with van der Waals surface area (Å²) in [7, 11) is 0. The van der Waals surface area contributed by atoms with Crippen molar-refractivity contribution >= 4 is 17.8 Å². The van der Waals surface area contributed by atoms with Crippen LogP contribution in [-0.2, 0) is 14.3 Å². The SMILES string of the molecule is CC1C(=O)NC(=O)CN1C(=O)N1CCOCC1. The van der Waals surface area contributed by atoms with Crippen LogP contribution in [0.15, 0.2) is 0 Å². The van der Waals surface area contributed by atoms with Crippen LogP contribution >= 0.6 is 0 Å². The standard InChI is InChI=1S/C10H15N3O4/c1-7-9(15)11-8(14)6-13(7)10(16)12-2-4-17-5-3-12/h7H,2-6H2,1H3,(H,11,14,15). The second kappa shape index (κ2) is 4.70. The predicted octanol–water partition coefficient (Wildman–Crippen LogP) is -1.21. The fraction of sp³-hybridized carbons (Fsp3) is 0.700. The normalized spacial score (nSPS) is 25.8.